The maximum atomic E-state index is 12.8. The van der Waals surface area contributed by atoms with Crippen LogP contribution in [0, 0.1) is 0 Å². The number of nitrogens with zero attached hydrogens (tertiary/aromatic N) is 1. The first-order valence-corrected chi connectivity index (χ1v) is 6.88. The monoisotopic (exact) mass is 295 g/mol. The highest BCUT2D eigenvalue weighted by atomic mass is 16.4. The third-order valence-corrected chi connectivity index (χ3v) is 4.32. The van der Waals surface area contributed by atoms with Gasteiger partial charge in [0.05, 0.1) is 0 Å². The van der Waals surface area contributed by atoms with Gasteiger partial charge in [-0.2, -0.15) is 4.98 Å². The first kappa shape index (κ1) is 12.8. The van der Waals surface area contributed by atoms with Gasteiger partial charge in [0.2, 0.25) is 5.91 Å². The second-order valence-electron chi connectivity index (χ2n) is 5.54. The van der Waals surface area contributed by atoms with Crippen molar-refractivity contribution in [3.63, 3.8) is 0 Å². The van der Waals surface area contributed by atoms with E-state index in [0.29, 0.717) is 28.3 Å². The minimum atomic E-state index is -1.26. The van der Waals surface area contributed by atoms with Crippen LogP contribution in [0.25, 0.3) is 11.3 Å². The molecule has 0 saturated heterocycles. The van der Waals surface area contributed by atoms with E-state index in [1.165, 1.54) is 6.92 Å². The number of benzene rings is 1. The molecule has 0 radical (unpaired) electrons. The Morgan fingerprint density at radius 1 is 1.36 bits per heavy atom. The minimum absolute atomic E-state index is 0.0147. The van der Waals surface area contributed by atoms with Crippen LogP contribution in [-0.2, 0) is 15.0 Å². The number of amides is 1. The van der Waals surface area contributed by atoms with Crippen LogP contribution >= 0.6 is 0 Å². The molecule has 2 aliphatic rings. The lowest BCUT2D eigenvalue weighted by molar-refractivity contribution is -0.124. The molecule has 1 aromatic heterocycles. The van der Waals surface area contributed by atoms with E-state index >= 15 is 0 Å². The van der Waals surface area contributed by atoms with Crippen molar-refractivity contribution >= 4 is 17.7 Å². The van der Waals surface area contributed by atoms with E-state index < -0.39 is 5.41 Å². The van der Waals surface area contributed by atoms with Gasteiger partial charge < -0.3 is 15.5 Å². The van der Waals surface area contributed by atoms with E-state index in [1.807, 2.05) is 24.3 Å². The second kappa shape index (κ2) is 3.85. The molecule has 6 heteroatoms. The Morgan fingerprint density at radius 2 is 2.09 bits per heavy atom. The highest BCUT2D eigenvalue weighted by molar-refractivity contribution is 6.15. The first-order valence-electron chi connectivity index (χ1n) is 6.88. The van der Waals surface area contributed by atoms with Crippen LogP contribution in [0.4, 0.5) is 6.01 Å². The quantitative estimate of drug-likeness (QED) is 0.831. The average Bonchev–Trinajstić information content (AvgIpc) is 3.04. The Kier molecular flexibility index (Phi) is 2.24. The number of rotatable bonds is 1. The summed E-state index contributed by atoms with van der Waals surface area (Å²) in [4.78, 5) is 29.3. The number of aromatic nitrogens is 1. The number of fused-ring (bicyclic) bond motifs is 5. The average molecular weight is 295 g/mol. The Labute approximate surface area is 126 Å². The maximum Gasteiger partial charge on any atom is 0.292 e. The number of nitrogen functional groups attached to an aromatic ring is 1. The summed E-state index contributed by atoms with van der Waals surface area (Å²) < 4.78 is 5.50. The van der Waals surface area contributed by atoms with E-state index in [4.69, 9.17) is 10.2 Å². The zero-order chi connectivity index (χ0) is 15.6. The number of hydrogen-bond acceptors (Lipinski definition) is 5. The Hall–Kier alpha value is -2.89. The van der Waals surface area contributed by atoms with Crippen LogP contribution < -0.4 is 11.1 Å². The number of allylic oxidation sites excluding steroid dienone is 1. The van der Waals surface area contributed by atoms with Crippen LogP contribution in [0.2, 0.25) is 0 Å². The minimum Gasteiger partial charge on any atom is -0.423 e. The Balaban J connectivity index is 2.18. The summed E-state index contributed by atoms with van der Waals surface area (Å²) in [5.74, 6) is -0.0218. The molecule has 0 fully saturated rings. The summed E-state index contributed by atoms with van der Waals surface area (Å²) in [5.41, 5.74) is 7.21. The van der Waals surface area contributed by atoms with Crippen LogP contribution in [0.3, 0.4) is 0 Å². The lowest BCUT2D eigenvalue weighted by atomic mass is 9.73. The third-order valence-electron chi connectivity index (χ3n) is 4.32. The summed E-state index contributed by atoms with van der Waals surface area (Å²) in [7, 11) is 0. The molecule has 0 bridgehead atoms. The topological polar surface area (TPSA) is 98.2 Å². The van der Waals surface area contributed by atoms with E-state index in [1.54, 1.807) is 6.92 Å². The van der Waals surface area contributed by atoms with Gasteiger partial charge in [0.15, 0.2) is 17.0 Å². The molecule has 1 aliphatic carbocycles. The molecule has 3 N–H and O–H groups in total. The summed E-state index contributed by atoms with van der Waals surface area (Å²) in [6.07, 6.45) is 0. The molecule has 110 valence electrons. The molecule has 2 heterocycles. The molecular weight excluding hydrogens is 282 g/mol. The van der Waals surface area contributed by atoms with Crippen molar-refractivity contribution in [3.05, 3.63) is 46.8 Å². The number of carbonyl (C=O) groups is 2. The van der Waals surface area contributed by atoms with Gasteiger partial charge in [0, 0.05) is 16.8 Å². The summed E-state index contributed by atoms with van der Waals surface area (Å²) in [6.45, 7) is 3.17. The van der Waals surface area contributed by atoms with Crippen LogP contribution in [0.5, 0.6) is 0 Å². The SMILES string of the molecule is CC(=O)C1=C(C)NC(=O)C12c1ccccc1-c1oc(N)nc12. The second-order valence-corrected chi connectivity index (χ2v) is 5.54. The largest absolute Gasteiger partial charge is 0.423 e. The van der Waals surface area contributed by atoms with Gasteiger partial charge in [-0.3, -0.25) is 9.59 Å². The smallest absolute Gasteiger partial charge is 0.292 e. The molecule has 1 aliphatic heterocycles. The van der Waals surface area contributed by atoms with Crippen LogP contribution in [0.15, 0.2) is 40.0 Å². The molecule has 4 rings (SSSR count). The normalized spacial score (nSPS) is 22.0. The van der Waals surface area contributed by atoms with Crippen molar-refractivity contribution in [2.24, 2.45) is 0 Å². The fourth-order valence-electron chi connectivity index (χ4n) is 3.64. The van der Waals surface area contributed by atoms with Crippen molar-refractivity contribution in [3.8, 4) is 11.3 Å². The molecule has 22 heavy (non-hydrogen) atoms. The molecule has 1 spiro atoms. The number of nitrogens with two attached hydrogens (primary N) is 1. The van der Waals surface area contributed by atoms with Crippen molar-refractivity contribution < 1.29 is 14.0 Å². The van der Waals surface area contributed by atoms with E-state index in [2.05, 4.69) is 10.3 Å². The van der Waals surface area contributed by atoms with Crippen molar-refractivity contribution in [2.75, 3.05) is 5.73 Å². The first-order chi connectivity index (χ1) is 10.5. The number of anilines is 1. The van der Waals surface area contributed by atoms with Gasteiger partial charge in [-0.05, 0) is 19.4 Å². The van der Waals surface area contributed by atoms with Gasteiger partial charge in [-0.1, -0.05) is 24.3 Å². The molecule has 0 saturated carbocycles. The molecule has 1 unspecified atom stereocenters. The molecule has 2 aromatic rings. The Bertz CT molecular complexity index is 894. The lowest BCUT2D eigenvalue weighted by Gasteiger charge is -2.24. The van der Waals surface area contributed by atoms with Gasteiger partial charge in [-0.15, -0.1) is 0 Å². The number of oxazole rings is 1. The molecule has 6 nitrogen and oxygen atoms in total. The highest BCUT2D eigenvalue weighted by Crippen LogP contribution is 2.55. The number of ketones is 1. The number of nitrogens with one attached hydrogen (secondary N) is 1. The van der Waals surface area contributed by atoms with Gasteiger partial charge in [0.25, 0.3) is 6.01 Å². The summed E-state index contributed by atoms with van der Waals surface area (Å²) >= 11 is 0. The molecule has 1 aromatic carbocycles. The molecule has 1 amide bonds. The predicted octanol–water partition coefficient (Wildman–Crippen LogP) is 1.52. The molecule has 1 atom stereocenters. The van der Waals surface area contributed by atoms with Gasteiger partial charge >= 0.3 is 0 Å². The van der Waals surface area contributed by atoms with Gasteiger partial charge in [-0.25, -0.2) is 0 Å². The van der Waals surface area contributed by atoms with Gasteiger partial charge in [0.1, 0.15) is 5.69 Å². The van der Waals surface area contributed by atoms with Crippen LogP contribution in [0.1, 0.15) is 25.1 Å². The number of Topliss-reactive ketones (excluding diaryl/α,β-unsaturated/α-hetero) is 1. The summed E-state index contributed by atoms with van der Waals surface area (Å²) in [5, 5.41) is 2.77. The van der Waals surface area contributed by atoms with Crippen LogP contribution in [-0.4, -0.2) is 16.7 Å². The third kappa shape index (κ3) is 1.23. The fraction of sp³-hybridized carbons (Fsp3) is 0.188. The number of carbonyl (C=O) groups excluding carboxylic acids is 2. The van der Waals surface area contributed by atoms with E-state index in [0.717, 1.165) is 5.56 Å². The van der Waals surface area contributed by atoms with E-state index in [-0.39, 0.29) is 17.7 Å². The van der Waals surface area contributed by atoms with Crippen molar-refractivity contribution in [2.45, 2.75) is 19.3 Å². The van der Waals surface area contributed by atoms with Crippen molar-refractivity contribution in [1.82, 2.24) is 10.3 Å². The summed E-state index contributed by atoms with van der Waals surface area (Å²) in [6, 6.07) is 7.32. The molecular formula is C16H13N3O3. The zero-order valence-electron chi connectivity index (χ0n) is 12.1. The fourth-order valence-corrected chi connectivity index (χ4v) is 3.64. The van der Waals surface area contributed by atoms with Crippen molar-refractivity contribution in [1.29, 1.82) is 0 Å². The zero-order valence-corrected chi connectivity index (χ0v) is 12.1. The van der Waals surface area contributed by atoms with E-state index in [9.17, 15) is 9.59 Å². The maximum absolute atomic E-state index is 12.8. The number of hydrogen-bond donors (Lipinski definition) is 2. The lowest BCUT2D eigenvalue weighted by Crippen LogP contribution is -2.40. The highest BCUT2D eigenvalue weighted by Gasteiger charge is 2.60. The predicted molar refractivity (Wildman–Crippen MR) is 78.7 cm³/mol. The Morgan fingerprint density at radius 3 is 2.82 bits per heavy atom. The standard InChI is InChI=1S/C16H13N3O3/c1-7-11(8(2)20)16(14(21)18-7)10-6-4-3-5-9(10)12-13(16)19-15(17)22-12/h3-6H,1-2H3,(H2,17,19)(H,18,21).